The second-order valence-electron chi connectivity index (χ2n) is 8.26. The van der Waals surface area contributed by atoms with Crippen molar-refractivity contribution in [1.29, 1.82) is 0 Å². The van der Waals surface area contributed by atoms with Gasteiger partial charge in [-0.3, -0.25) is 29.0 Å². The molecule has 0 radical (unpaired) electrons. The van der Waals surface area contributed by atoms with Gasteiger partial charge in [-0.05, 0) is 32.6 Å². The summed E-state index contributed by atoms with van der Waals surface area (Å²) >= 11 is 0. The molecule has 0 spiro atoms. The van der Waals surface area contributed by atoms with Crippen LogP contribution in [0.3, 0.4) is 0 Å². The average molecular weight is 514 g/mol. The Morgan fingerprint density at radius 1 is 1.06 bits per heavy atom. The maximum atomic E-state index is 13.2. The van der Waals surface area contributed by atoms with Gasteiger partial charge in [-0.2, -0.15) is 0 Å². The first-order valence-electron chi connectivity index (χ1n) is 11.3. The molecule has 1 aliphatic rings. The van der Waals surface area contributed by atoms with Gasteiger partial charge < -0.3 is 48.9 Å². The Bertz CT molecular complexity index is 876. The van der Waals surface area contributed by atoms with Crippen LogP contribution in [-0.2, 0) is 28.8 Å². The van der Waals surface area contributed by atoms with E-state index in [4.69, 9.17) is 22.9 Å². The number of amides is 5. The fourth-order valence-electron chi connectivity index (χ4n) is 3.60. The highest BCUT2D eigenvalue weighted by Gasteiger charge is 2.39. The van der Waals surface area contributed by atoms with Crippen molar-refractivity contribution in [2.75, 3.05) is 19.6 Å². The Balaban J connectivity index is 2.91. The van der Waals surface area contributed by atoms with Gasteiger partial charge in [0.25, 0.3) is 0 Å². The quantitative estimate of drug-likeness (QED) is 0.0625. The lowest BCUT2D eigenvalue weighted by Crippen LogP contribution is -2.58. The summed E-state index contributed by atoms with van der Waals surface area (Å²) in [5, 5.41) is 16.6. The predicted octanol–water partition coefficient (Wildman–Crippen LogP) is -4.58. The largest absolute Gasteiger partial charge is 0.480 e. The van der Waals surface area contributed by atoms with Crippen molar-refractivity contribution in [2.45, 2.75) is 63.2 Å². The van der Waals surface area contributed by atoms with Crippen molar-refractivity contribution in [3.05, 3.63) is 0 Å². The van der Waals surface area contributed by atoms with E-state index in [0.717, 1.165) is 0 Å². The molecule has 1 saturated heterocycles. The Labute approximate surface area is 207 Å². The lowest BCUT2D eigenvalue weighted by Gasteiger charge is -2.29. The molecule has 1 rings (SSSR count). The molecular weight excluding hydrogens is 478 g/mol. The van der Waals surface area contributed by atoms with Gasteiger partial charge in [0.1, 0.15) is 24.2 Å². The number of carboxylic acid groups (broad SMARTS) is 1. The lowest BCUT2D eigenvalue weighted by molar-refractivity contribution is -0.145. The van der Waals surface area contributed by atoms with E-state index >= 15 is 0 Å². The number of guanidine groups is 1. The van der Waals surface area contributed by atoms with Crippen molar-refractivity contribution in [1.82, 2.24) is 20.9 Å². The maximum absolute atomic E-state index is 13.2. The molecule has 0 unspecified atom stereocenters. The number of primary amides is 1. The van der Waals surface area contributed by atoms with Crippen LogP contribution in [0.1, 0.15) is 39.0 Å². The minimum atomic E-state index is -1.39. The van der Waals surface area contributed by atoms with Crippen molar-refractivity contribution in [3.63, 3.8) is 0 Å². The molecule has 16 nitrogen and oxygen atoms in total. The zero-order chi connectivity index (χ0) is 27.4. The van der Waals surface area contributed by atoms with E-state index in [1.54, 1.807) is 0 Å². The molecular formula is C20H35N9O7. The Kier molecular flexibility index (Phi) is 12.1. The number of likely N-dealkylation sites (tertiary alicyclic amines) is 1. The summed E-state index contributed by atoms with van der Waals surface area (Å²) in [6.45, 7) is 1.33. The van der Waals surface area contributed by atoms with Crippen molar-refractivity contribution >= 4 is 41.5 Å². The van der Waals surface area contributed by atoms with E-state index in [0.29, 0.717) is 6.42 Å². The summed E-state index contributed by atoms with van der Waals surface area (Å²) in [5.74, 6) is -5.07. The number of hydrogen-bond acceptors (Lipinski definition) is 8. The molecule has 0 aromatic heterocycles. The van der Waals surface area contributed by atoms with Crippen LogP contribution in [0.25, 0.3) is 0 Å². The molecule has 0 bridgehead atoms. The molecule has 16 heteroatoms. The third kappa shape index (κ3) is 9.73. The molecule has 0 saturated carbocycles. The maximum Gasteiger partial charge on any atom is 0.326 e. The Morgan fingerprint density at radius 3 is 2.28 bits per heavy atom. The molecule has 0 aromatic rings. The van der Waals surface area contributed by atoms with E-state index in [1.165, 1.54) is 11.8 Å². The summed E-state index contributed by atoms with van der Waals surface area (Å²) in [4.78, 5) is 78.0. The number of carboxylic acids is 1. The van der Waals surface area contributed by atoms with Crippen molar-refractivity contribution in [3.8, 4) is 0 Å². The molecule has 36 heavy (non-hydrogen) atoms. The van der Waals surface area contributed by atoms with Crippen molar-refractivity contribution in [2.24, 2.45) is 27.9 Å². The van der Waals surface area contributed by atoms with Gasteiger partial charge in [0.05, 0.1) is 13.0 Å². The minimum Gasteiger partial charge on any atom is -0.480 e. The van der Waals surface area contributed by atoms with Crippen molar-refractivity contribution < 1.29 is 33.9 Å². The third-order valence-corrected chi connectivity index (χ3v) is 5.37. The van der Waals surface area contributed by atoms with Crippen LogP contribution in [0.5, 0.6) is 0 Å². The van der Waals surface area contributed by atoms with Gasteiger partial charge in [-0.1, -0.05) is 0 Å². The number of carbonyl (C=O) groups is 6. The molecule has 1 heterocycles. The highest BCUT2D eigenvalue weighted by atomic mass is 16.4. The van der Waals surface area contributed by atoms with E-state index in [-0.39, 0.29) is 44.9 Å². The predicted molar refractivity (Wildman–Crippen MR) is 127 cm³/mol. The topological polar surface area (TPSA) is 278 Å². The number of carbonyl (C=O) groups excluding carboxylic acids is 5. The van der Waals surface area contributed by atoms with Gasteiger partial charge in [0.15, 0.2) is 5.96 Å². The molecule has 4 atom stereocenters. The first-order valence-corrected chi connectivity index (χ1v) is 11.3. The van der Waals surface area contributed by atoms with Crippen LogP contribution in [0, 0.1) is 0 Å². The van der Waals surface area contributed by atoms with E-state index in [9.17, 15) is 33.9 Å². The Morgan fingerprint density at radius 2 is 1.72 bits per heavy atom. The number of hydrogen-bond donors (Lipinski definition) is 8. The Hall–Kier alpha value is -3.95. The second kappa shape index (κ2) is 14.4. The standard InChI is InChI=1S/C20H35N9O7/c1-10(26-15(31)9-21)16(32)28-12(8-14(22)30)18(34)29-7-3-5-13(29)17(33)27-11(19(35)36)4-2-6-25-20(23)24/h10-13H,2-9,21H2,1H3,(H2,22,30)(H,26,31)(H,27,33)(H,28,32)(H,35,36)(H4,23,24,25)/t10-,11-,12-,13-/m0/s1. The molecule has 202 valence electrons. The molecule has 5 amide bonds. The number of nitrogens with two attached hydrogens (primary N) is 4. The van der Waals surface area contributed by atoms with Gasteiger partial charge >= 0.3 is 5.97 Å². The van der Waals surface area contributed by atoms with Crippen LogP contribution in [-0.4, -0.2) is 95.3 Å². The van der Waals surface area contributed by atoms with Crippen LogP contribution >= 0.6 is 0 Å². The van der Waals surface area contributed by atoms with E-state index in [1.807, 2.05) is 0 Å². The van der Waals surface area contributed by atoms with Gasteiger partial charge in [-0.15, -0.1) is 0 Å². The van der Waals surface area contributed by atoms with E-state index in [2.05, 4.69) is 20.9 Å². The monoisotopic (exact) mass is 513 g/mol. The first kappa shape index (κ1) is 30.1. The SMILES string of the molecule is C[C@H](NC(=O)CN)C(=O)N[C@@H](CC(N)=O)C(=O)N1CCC[C@H]1C(=O)N[C@@H](CCCN=C(N)N)C(=O)O. The van der Waals surface area contributed by atoms with Gasteiger partial charge in [-0.25, -0.2) is 4.79 Å². The number of aliphatic imine (C=N–C) groups is 1. The van der Waals surface area contributed by atoms with E-state index < -0.39 is 66.1 Å². The number of aliphatic carboxylic acids is 1. The fraction of sp³-hybridized carbons (Fsp3) is 0.650. The average Bonchev–Trinajstić information content (AvgIpc) is 3.29. The summed E-state index contributed by atoms with van der Waals surface area (Å²) in [6.07, 6.45) is 0.471. The molecule has 1 aliphatic heterocycles. The second-order valence-corrected chi connectivity index (χ2v) is 8.26. The summed E-state index contributed by atoms with van der Waals surface area (Å²) in [7, 11) is 0. The van der Waals surface area contributed by atoms with Gasteiger partial charge in [0.2, 0.25) is 29.5 Å². The highest BCUT2D eigenvalue weighted by Crippen LogP contribution is 2.20. The highest BCUT2D eigenvalue weighted by molar-refractivity contribution is 5.97. The van der Waals surface area contributed by atoms with Crippen LogP contribution in [0.15, 0.2) is 4.99 Å². The molecule has 12 N–H and O–H groups in total. The number of nitrogens with zero attached hydrogens (tertiary/aromatic N) is 2. The summed E-state index contributed by atoms with van der Waals surface area (Å²) < 4.78 is 0. The normalized spacial score (nSPS) is 17.3. The smallest absolute Gasteiger partial charge is 0.326 e. The molecule has 0 aromatic carbocycles. The number of rotatable bonds is 14. The molecule has 1 fully saturated rings. The fourth-order valence-corrected chi connectivity index (χ4v) is 3.60. The van der Waals surface area contributed by atoms with Crippen LogP contribution in [0.4, 0.5) is 0 Å². The molecule has 0 aliphatic carbocycles. The third-order valence-electron chi connectivity index (χ3n) is 5.37. The summed E-state index contributed by atoms with van der Waals surface area (Å²) in [5.41, 5.74) is 20.9. The number of nitrogens with one attached hydrogen (secondary N) is 3. The van der Waals surface area contributed by atoms with Crippen LogP contribution in [0.2, 0.25) is 0 Å². The zero-order valence-electron chi connectivity index (χ0n) is 20.1. The van der Waals surface area contributed by atoms with Gasteiger partial charge in [0, 0.05) is 13.1 Å². The lowest BCUT2D eigenvalue weighted by atomic mass is 10.1. The zero-order valence-corrected chi connectivity index (χ0v) is 20.1. The minimum absolute atomic E-state index is 0.0469. The summed E-state index contributed by atoms with van der Waals surface area (Å²) in [6, 6.07) is -4.70. The first-order chi connectivity index (χ1) is 16.9. The van der Waals surface area contributed by atoms with Crippen LogP contribution < -0.4 is 38.9 Å².